The average Bonchev–Trinajstić information content (AvgIpc) is 3.59. The second-order valence-corrected chi connectivity index (χ2v) is 8.76. The standard InChI is InChI=1S/C26H24F3N7O/c27-26(28,29)23-14-22(18-4-3-10-30-15-18)34-36(23)21-7-8-24(32-17-21)33-25(37)19-5-6-20(31-16-19)9-13-35-11-1-2-12-35/h3-8,10,14-17H,1-2,9,11-13H2,(H,32,33,37). The van der Waals surface area contributed by atoms with Crippen molar-refractivity contribution >= 4 is 11.7 Å². The van der Waals surface area contributed by atoms with Gasteiger partial charge in [0.15, 0.2) is 0 Å². The summed E-state index contributed by atoms with van der Waals surface area (Å²) in [6.45, 7) is 3.19. The van der Waals surface area contributed by atoms with Crippen LogP contribution in [0.4, 0.5) is 19.0 Å². The fourth-order valence-electron chi connectivity index (χ4n) is 4.19. The summed E-state index contributed by atoms with van der Waals surface area (Å²) in [7, 11) is 0. The molecule has 1 saturated heterocycles. The zero-order valence-corrected chi connectivity index (χ0v) is 19.8. The highest BCUT2D eigenvalue weighted by Crippen LogP contribution is 2.34. The summed E-state index contributed by atoms with van der Waals surface area (Å²) in [4.78, 5) is 27.5. The summed E-state index contributed by atoms with van der Waals surface area (Å²) in [5.74, 6) is -0.215. The van der Waals surface area contributed by atoms with Crippen molar-refractivity contribution in [1.29, 1.82) is 0 Å². The van der Waals surface area contributed by atoms with Crippen LogP contribution >= 0.6 is 0 Å². The first-order valence-corrected chi connectivity index (χ1v) is 11.9. The van der Waals surface area contributed by atoms with Crippen LogP contribution in [-0.4, -0.2) is 55.2 Å². The molecule has 5 rings (SSSR count). The van der Waals surface area contributed by atoms with Gasteiger partial charge in [0.05, 0.1) is 23.1 Å². The Morgan fingerprint density at radius 2 is 1.84 bits per heavy atom. The van der Waals surface area contributed by atoms with Gasteiger partial charge in [0.2, 0.25) is 0 Å². The first kappa shape index (κ1) is 24.6. The van der Waals surface area contributed by atoms with Gasteiger partial charge in [-0.3, -0.25) is 14.8 Å². The molecule has 0 spiro atoms. The molecule has 1 aliphatic rings. The van der Waals surface area contributed by atoms with E-state index < -0.39 is 17.8 Å². The fraction of sp³-hybridized carbons (Fsp3) is 0.269. The van der Waals surface area contributed by atoms with Crippen molar-refractivity contribution in [1.82, 2.24) is 29.6 Å². The molecule has 5 heterocycles. The van der Waals surface area contributed by atoms with Crippen LogP contribution in [0.5, 0.6) is 0 Å². The summed E-state index contributed by atoms with van der Waals surface area (Å²) < 4.78 is 41.9. The van der Waals surface area contributed by atoms with Crippen LogP contribution in [0.25, 0.3) is 16.9 Å². The molecular weight excluding hydrogens is 483 g/mol. The quantitative estimate of drug-likeness (QED) is 0.392. The maximum absolute atomic E-state index is 13.7. The molecule has 1 N–H and O–H groups in total. The van der Waals surface area contributed by atoms with E-state index in [4.69, 9.17) is 0 Å². The van der Waals surface area contributed by atoms with Crippen molar-refractivity contribution in [2.45, 2.75) is 25.4 Å². The third-order valence-electron chi connectivity index (χ3n) is 6.16. The van der Waals surface area contributed by atoms with E-state index in [1.54, 1.807) is 18.2 Å². The highest BCUT2D eigenvalue weighted by molar-refractivity contribution is 6.03. The SMILES string of the molecule is O=C(Nc1ccc(-n2nc(-c3cccnc3)cc2C(F)(F)F)cn1)c1ccc(CCN2CCCC2)nc1. The van der Waals surface area contributed by atoms with Crippen LogP contribution in [0.1, 0.15) is 34.6 Å². The number of halogens is 3. The summed E-state index contributed by atoms with van der Waals surface area (Å²) in [5.41, 5.74) is 1.03. The van der Waals surface area contributed by atoms with Gasteiger partial charge in [-0.15, -0.1) is 0 Å². The maximum atomic E-state index is 13.7. The molecule has 0 aliphatic carbocycles. The second-order valence-electron chi connectivity index (χ2n) is 8.76. The van der Waals surface area contributed by atoms with Gasteiger partial charge in [0, 0.05) is 42.8 Å². The molecule has 0 unspecified atom stereocenters. The largest absolute Gasteiger partial charge is 0.433 e. The predicted molar refractivity (Wildman–Crippen MR) is 131 cm³/mol. The summed E-state index contributed by atoms with van der Waals surface area (Å²) in [6, 6.07) is 10.6. The number of amides is 1. The molecule has 1 amide bonds. The molecule has 0 saturated carbocycles. The zero-order chi connectivity index (χ0) is 25.8. The van der Waals surface area contributed by atoms with E-state index in [1.807, 2.05) is 6.07 Å². The van der Waals surface area contributed by atoms with E-state index in [0.29, 0.717) is 11.1 Å². The number of alkyl halides is 3. The molecule has 1 aliphatic heterocycles. The van der Waals surface area contributed by atoms with Crippen molar-refractivity contribution in [2.75, 3.05) is 25.0 Å². The van der Waals surface area contributed by atoms with Crippen molar-refractivity contribution in [3.05, 3.63) is 84.2 Å². The first-order valence-electron chi connectivity index (χ1n) is 11.9. The monoisotopic (exact) mass is 507 g/mol. The molecule has 1 fully saturated rings. The van der Waals surface area contributed by atoms with Crippen molar-refractivity contribution in [3.63, 3.8) is 0 Å². The second kappa shape index (κ2) is 10.5. The van der Waals surface area contributed by atoms with Gasteiger partial charge in [0.1, 0.15) is 11.5 Å². The van der Waals surface area contributed by atoms with Gasteiger partial charge in [-0.05, 0) is 68.4 Å². The lowest BCUT2D eigenvalue weighted by Crippen LogP contribution is -2.22. The molecule has 8 nitrogen and oxygen atoms in total. The van der Waals surface area contributed by atoms with Gasteiger partial charge in [0.25, 0.3) is 5.91 Å². The number of anilines is 1. The number of nitrogens with zero attached hydrogens (tertiary/aromatic N) is 6. The number of pyridine rings is 3. The topological polar surface area (TPSA) is 88.8 Å². The number of hydrogen-bond acceptors (Lipinski definition) is 6. The molecule has 0 bridgehead atoms. The maximum Gasteiger partial charge on any atom is 0.433 e. The van der Waals surface area contributed by atoms with Crippen molar-refractivity contribution in [2.24, 2.45) is 0 Å². The molecular formula is C26H24F3N7O. The third kappa shape index (κ3) is 5.83. The summed E-state index contributed by atoms with van der Waals surface area (Å²) in [6.07, 6.45) is 4.38. The molecule has 0 aromatic carbocycles. The van der Waals surface area contributed by atoms with Crippen LogP contribution in [0.15, 0.2) is 67.3 Å². The number of carbonyl (C=O) groups excluding carboxylic acids is 1. The Morgan fingerprint density at radius 3 is 2.49 bits per heavy atom. The Kier molecular flexibility index (Phi) is 6.95. The molecule has 4 aromatic rings. The Hall–Kier alpha value is -4.12. The lowest BCUT2D eigenvalue weighted by Gasteiger charge is -2.13. The Balaban J connectivity index is 1.27. The van der Waals surface area contributed by atoms with Crippen LogP contribution in [0.3, 0.4) is 0 Å². The van der Waals surface area contributed by atoms with E-state index in [0.717, 1.165) is 42.5 Å². The number of hydrogen-bond donors (Lipinski definition) is 1. The van der Waals surface area contributed by atoms with Crippen LogP contribution < -0.4 is 5.32 Å². The van der Waals surface area contributed by atoms with E-state index in [-0.39, 0.29) is 17.2 Å². The Labute approximate surface area is 211 Å². The predicted octanol–water partition coefficient (Wildman–Crippen LogP) is 4.63. The average molecular weight is 508 g/mol. The van der Waals surface area contributed by atoms with E-state index >= 15 is 0 Å². The summed E-state index contributed by atoms with van der Waals surface area (Å²) >= 11 is 0. The van der Waals surface area contributed by atoms with E-state index in [9.17, 15) is 18.0 Å². The Bertz CT molecular complexity index is 1350. The lowest BCUT2D eigenvalue weighted by molar-refractivity contribution is -0.142. The summed E-state index contributed by atoms with van der Waals surface area (Å²) in [5, 5.41) is 6.77. The molecule has 190 valence electrons. The minimum absolute atomic E-state index is 0.101. The molecule has 4 aromatic heterocycles. The van der Waals surface area contributed by atoms with Crippen molar-refractivity contribution in [3.8, 4) is 16.9 Å². The van der Waals surface area contributed by atoms with Gasteiger partial charge in [-0.25, -0.2) is 9.67 Å². The highest BCUT2D eigenvalue weighted by Gasteiger charge is 2.36. The number of rotatable bonds is 7. The molecule has 11 heteroatoms. The first-order chi connectivity index (χ1) is 17.9. The van der Waals surface area contributed by atoms with Crippen LogP contribution in [0.2, 0.25) is 0 Å². The highest BCUT2D eigenvalue weighted by atomic mass is 19.4. The normalized spacial score (nSPS) is 14.1. The van der Waals surface area contributed by atoms with Gasteiger partial charge in [-0.1, -0.05) is 0 Å². The van der Waals surface area contributed by atoms with E-state index in [1.165, 1.54) is 49.8 Å². The van der Waals surface area contributed by atoms with Gasteiger partial charge >= 0.3 is 6.18 Å². The number of aromatic nitrogens is 5. The minimum atomic E-state index is -4.63. The Morgan fingerprint density at radius 1 is 1.00 bits per heavy atom. The minimum Gasteiger partial charge on any atom is -0.307 e. The zero-order valence-electron chi connectivity index (χ0n) is 19.8. The third-order valence-corrected chi connectivity index (χ3v) is 6.16. The van der Waals surface area contributed by atoms with Crippen molar-refractivity contribution < 1.29 is 18.0 Å². The molecule has 37 heavy (non-hydrogen) atoms. The fourth-order valence-corrected chi connectivity index (χ4v) is 4.19. The van der Waals surface area contributed by atoms with Gasteiger partial charge in [-0.2, -0.15) is 18.3 Å². The van der Waals surface area contributed by atoms with Gasteiger partial charge < -0.3 is 10.2 Å². The number of nitrogens with one attached hydrogen (secondary N) is 1. The van der Waals surface area contributed by atoms with Crippen LogP contribution in [-0.2, 0) is 12.6 Å². The smallest absolute Gasteiger partial charge is 0.307 e. The van der Waals surface area contributed by atoms with E-state index in [2.05, 4.69) is 30.3 Å². The molecule has 0 atom stereocenters. The molecule has 0 radical (unpaired) electrons. The number of carbonyl (C=O) groups is 1. The van der Waals surface area contributed by atoms with Crippen LogP contribution in [0, 0.1) is 0 Å². The lowest BCUT2D eigenvalue weighted by atomic mass is 10.2. The number of likely N-dealkylation sites (tertiary alicyclic amines) is 1.